The smallest absolute Gasteiger partial charge is 0.252 e. The van der Waals surface area contributed by atoms with Crippen LogP contribution in [0.25, 0.3) is 66.1 Å². The molecule has 5 heteroatoms. The highest BCUT2D eigenvalue weighted by Gasteiger charge is 2.41. The molecule has 0 atom stereocenters. The van der Waals surface area contributed by atoms with Gasteiger partial charge < -0.3 is 9.13 Å². The predicted molar refractivity (Wildman–Crippen MR) is 165 cm³/mol. The third-order valence-corrected chi connectivity index (χ3v) is 9.23. The number of nitrogens with zero attached hydrogens (tertiary/aromatic N) is 2. The van der Waals surface area contributed by atoms with Crippen molar-refractivity contribution >= 4 is 66.7 Å². The molecule has 4 heterocycles. The minimum atomic E-state index is -0.564. The summed E-state index contributed by atoms with van der Waals surface area (Å²) in [4.78, 5) is 0. The van der Waals surface area contributed by atoms with Crippen LogP contribution in [-0.2, 0) is 0 Å². The van der Waals surface area contributed by atoms with Gasteiger partial charge in [-0.05, 0) is 58.4 Å². The Kier molecular flexibility index (Phi) is 3.86. The van der Waals surface area contributed by atoms with Gasteiger partial charge in [0.05, 0.1) is 16.6 Å². The molecule has 0 bridgehead atoms. The van der Waals surface area contributed by atoms with Crippen LogP contribution in [0.15, 0.2) is 115 Å². The number of halogens is 2. The lowest BCUT2D eigenvalue weighted by atomic mass is 9.34. The Balaban J connectivity index is 1.49. The second-order valence-electron chi connectivity index (χ2n) is 11.1. The summed E-state index contributed by atoms with van der Waals surface area (Å²) in [5.74, 6) is -1.13. The molecule has 10 rings (SSSR count). The monoisotopic (exact) mass is 528 g/mol. The maximum atomic E-state index is 15.4. The number of aromatic nitrogens is 2. The van der Waals surface area contributed by atoms with Crippen LogP contribution in [0.3, 0.4) is 0 Å². The standard InChI is InChI=1S/C36H19BF2N2/c38-27-14-7-15-28(39)33(27)20-18-31-34-32(19-20)41-30-17-4-2-9-22(30)24-11-6-13-26(36(24)41)37(34)25-12-5-10-23-21-8-1-3-16-29(21)40(31)35(23)25/h1-19H. The summed E-state index contributed by atoms with van der Waals surface area (Å²) in [6.07, 6.45) is 0. The molecule has 8 aromatic rings. The largest absolute Gasteiger partial charge is 0.310 e. The second-order valence-corrected chi connectivity index (χ2v) is 11.1. The maximum Gasteiger partial charge on any atom is 0.252 e. The molecule has 2 aromatic heterocycles. The Morgan fingerprint density at radius 2 is 0.951 bits per heavy atom. The molecule has 0 saturated heterocycles. The van der Waals surface area contributed by atoms with Gasteiger partial charge in [0.2, 0.25) is 0 Å². The van der Waals surface area contributed by atoms with Crippen molar-refractivity contribution < 1.29 is 8.78 Å². The first-order valence-electron chi connectivity index (χ1n) is 13.9. The summed E-state index contributed by atoms with van der Waals surface area (Å²) in [6.45, 7) is -0.0134. The highest BCUT2D eigenvalue weighted by atomic mass is 19.1. The summed E-state index contributed by atoms with van der Waals surface area (Å²) in [7, 11) is 0. The van der Waals surface area contributed by atoms with Crippen molar-refractivity contribution in [1.82, 2.24) is 9.13 Å². The summed E-state index contributed by atoms with van der Waals surface area (Å²) >= 11 is 0. The Morgan fingerprint density at radius 3 is 1.49 bits per heavy atom. The van der Waals surface area contributed by atoms with Crippen molar-refractivity contribution in [3.8, 4) is 22.5 Å². The average molecular weight is 528 g/mol. The van der Waals surface area contributed by atoms with Crippen LogP contribution in [0.4, 0.5) is 8.78 Å². The van der Waals surface area contributed by atoms with Gasteiger partial charge >= 0.3 is 0 Å². The minimum Gasteiger partial charge on any atom is -0.310 e. The normalized spacial score (nSPS) is 13.1. The SMILES string of the molecule is Fc1cccc(F)c1-c1cc2c3c(c1)-n1c4ccccc4c4cccc(c41)B3c1cccc3c4ccccc4n-2c13. The Bertz CT molecular complexity index is 2300. The zero-order valence-electron chi connectivity index (χ0n) is 21.7. The molecular formula is C36H19BF2N2. The fourth-order valence-corrected chi connectivity index (χ4v) is 7.74. The fourth-order valence-electron chi connectivity index (χ4n) is 7.74. The van der Waals surface area contributed by atoms with Crippen LogP contribution in [0.1, 0.15) is 0 Å². The molecule has 0 N–H and O–H groups in total. The average Bonchev–Trinajstić information content (AvgIpc) is 3.52. The molecule has 190 valence electrons. The summed E-state index contributed by atoms with van der Waals surface area (Å²) in [6, 6.07) is 38.1. The lowest BCUT2D eigenvalue weighted by Gasteiger charge is -2.34. The van der Waals surface area contributed by atoms with Gasteiger partial charge in [-0.25, -0.2) is 8.78 Å². The third kappa shape index (κ3) is 2.49. The van der Waals surface area contributed by atoms with E-state index in [4.69, 9.17) is 0 Å². The lowest BCUT2D eigenvalue weighted by Crippen LogP contribution is -2.59. The van der Waals surface area contributed by atoms with E-state index < -0.39 is 11.6 Å². The highest BCUT2D eigenvalue weighted by Crippen LogP contribution is 2.41. The van der Waals surface area contributed by atoms with Gasteiger partial charge in [-0.2, -0.15) is 0 Å². The zero-order chi connectivity index (χ0) is 27.0. The van der Waals surface area contributed by atoms with E-state index in [-0.39, 0.29) is 12.3 Å². The van der Waals surface area contributed by atoms with Crippen LogP contribution in [0.2, 0.25) is 0 Å². The Labute approximate surface area is 233 Å². The number of rotatable bonds is 1. The quantitative estimate of drug-likeness (QED) is 0.204. The van der Waals surface area contributed by atoms with Crippen molar-refractivity contribution in [3.05, 3.63) is 127 Å². The van der Waals surface area contributed by atoms with Gasteiger partial charge in [0.25, 0.3) is 6.71 Å². The Hall–Kier alpha value is -5.16. The van der Waals surface area contributed by atoms with Gasteiger partial charge in [-0.1, -0.05) is 78.9 Å². The van der Waals surface area contributed by atoms with E-state index in [0.29, 0.717) is 5.56 Å². The summed E-state index contributed by atoms with van der Waals surface area (Å²) in [5, 5.41) is 4.71. The van der Waals surface area contributed by atoms with Crippen molar-refractivity contribution in [2.75, 3.05) is 0 Å². The molecule has 2 aliphatic heterocycles. The first-order chi connectivity index (χ1) is 20.2. The maximum absolute atomic E-state index is 15.4. The van der Waals surface area contributed by atoms with E-state index in [9.17, 15) is 0 Å². The van der Waals surface area contributed by atoms with Crippen LogP contribution >= 0.6 is 0 Å². The van der Waals surface area contributed by atoms with E-state index in [1.807, 2.05) is 12.1 Å². The summed E-state index contributed by atoms with van der Waals surface area (Å²) < 4.78 is 35.4. The molecule has 41 heavy (non-hydrogen) atoms. The van der Waals surface area contributed by atoms with Crippen molar-refractivity contribution in [1.29, 1.82) is 0 Å². The number of hydrogen-bond donors (Lipinski definition) is 0. The molecule has 2 aliphatic rings. The van der Waals surface area contributed by atoms with E-state index in [1.54, 1.807) is 0 Å². The molecule has 0 amide bonds. The van der Waals surface area contributed by atoms with Crippen LogP contribution in [0.5, 0.6) is 0 Å². The van der Waals surface area contributed by atoms with Crippen molar-refractivity contribution in [3.63, 3.8) is 0 Å². The van der Waals surface area contributed by atoms with Crippen LogP contribution in [-0.4, -0.2) is 15.8 Å². The molecule has 0 saturated carbocycles. The number of para-hydroxylation sites is 4. The van der Waals surface area contributed by atoms with E-state index in [1.165, 1.54) is 50.7 Å². The number of benzene rings is 6. The van der Waals surface area contributed by atoms with Gasteiger partial charge in [-0.15, -0.1) is 0 Å². The van der Waals surface area contributed by atoms with Gasteiger partial charge in [0.1, 0.15) is 11.6 Å². The first-order valence-corrected chi connectivity index (χ1v) is 13.9. The molecule has 0 fully saturated rings. The predicted octanol–water partition coefficient (Wildman–Crippen LogP) is 6.97. The molecular weight excluding hydrogens is 509 g/mol. The van der Waals surface area contributed by atoms with Gasteiger partial charge in [-0.3, -0.25) is 0 Å². The molecule has 6 aromatic carbocycles. The number of hydrogen-bond acceptors (Lipinski definition) is 0. The van der Waals surface area contributed by atoms with E-state index >= 15 is 8.78 Å². The first kappa shape index (κ1) is 21.6. The van der Waals surface area contributed by atoms with Crippen molar-refractivity contribution in [2.45, 2.75) is 0 Å². The third-order valence-electron chi connectivity index (χ3n) is 9.23. The van der Waals surface area contributed by atoms with Crippen LogP contribution in [0, 0.1) is 11.6 Å². The molecule has 2 nitrogen and oxygen atoms in total. The van der Waals surface area contributed by atoms with Crippen LogP contribution < -0.4 is 16.4 Å². The molecule has 0 radical (unpaired) electrons. The second kappa shape index (κ2) is 7.32. The van der Waals surface area contributed by atoms with Crippen molar-refractivity contribution in [2.24, 2.45) is 0 Å². The molecule has 0 spiro atoms. The lowest BCUT2D eigenvalue weighted by molar-refractivity contribution is 0.589. The molecule has 0 aliphatic carbocycles. The van der Waals surface area contributed by atoms with E-state index in [2.05, 4.69) is 94.1 Å². The number of fused-ring (bicyclic) bond motifs is 10. The topological polar surface area (TPSA) is 9.86 Å². The van der Waals surface area contributed by atoms with Gasteiger partial charge in [0, 0.05) is 44.0 Å². The van der Waals surface area contributed by atoms with E-state index in [0.717, 1.165) is 38.9 Å². The fraction of sp³-hybridized carbons (Fsp3) is 0. The minimum absolute atomic E-state index is 0.00114. The molecule has 0 unspecified atom stereocenters. The highest BCUT2D eigenvalue weighted by molar-refractivity contribution is 7.00. The van der Waals surface area contributed by atoms with Gasteiger partial charge in [0.15, 0.2) is 0 Å². The Morgan fingerprint density at radius 1 is 0.488 bits per heavy atom. The summed E-state index contributed by atoms with van der Waals surface area (Å²) in [5.41, 5.74) is 10.6. The zero-order valence-corrected chi connectivity index (χ0v) is 21.7.